The fraction of sp³-hybridized carbons (Fsp3) is 1.00. The Balaban J connectivity index is 2.80. The first-order chi connectivity index (χ1) is 5.27. The Bertz CT molecular complexity index is 80.2. The third-order valence-corrected chi connectivity index (χ3v) is 3.12. The van der Waals surface area contributed by atoms with Crippen molar-refractivity contribution in [2.45, 2.75) is 6.29 Å². The van der Waals surface area contributed by atoms with Crippen LogP contribution in [0.3, 0.4) is 0 Å². The molecule has 0 unspecified atom stereocenters. The second kappa shape index (κ2) is 8.67. The van der Waals surface area contributed by atoms with E-state index in [2.05, 4.69) is 0 Å². The van der Waals surface area contributed by atoms with Gasteiger partial charge in [-0.15, -0.1) is 0 Å². The molecule has 0 saturated heterocycles. The molecule has 0 heterocycles. The molecule has 68 valence electrons. The predicted octanol–water partition coefficient (Wildman–Crippen LogP) is -0.244. The molecule has 0 atom stereocenters. The predicted molar refractivity (Wildman–Crippen MR) is 50.0 cm³/mol. The van der Waals surface area contributed by atoms with Gasteiger partial charge in [-0.25, -0.2) is 0 Å². The number of hydrogen-bond donors (Lipinski definition) is 3. The number of thioether (sulfide) groups is 2. The Labute approximate surface area is 75.2 Å². The molecular formula is C6H14O3S2. The molecule has 0 aliphatic carbocycles. The first-order valence-electron chi connectivity index (χ1n) is 3.40. The zero-order chi connectivity index (χ0) is 8.53. The van der Waals surface area contributed by atoms with Gasteiger partial charge >= 0.3 is 0 Å². The van der Waals surface area contributed by atoms with Gasteiger partial charge in [0.25, 0.3) is 0 Å². The molecule has 0 rings (SSSR count). The summed E-state index contributed by atoms with van der Waals surface area (Å²) in [6, 6.07) is 0. The Morgan fingerprint density at radius 3 is 2.18 bits per heavy atom. The van der Waals surface area contributed by atoms with Crippen LogP contribution in [0.25, 0.3) is 0 Å². The van der Waals surface area contributed by atoms with E-state index >= 15 is 0 Å². The van der Waals surface area contributed by atoms with E-state index in [-0.39, 0.29) is 6.61 Å². The molecular weight excluding hydrogens is 184 g/mol. The lowest BCUT2D eigenvalue weighted by Crippen LogP contribution is -2.08. The minimum Gasteiger partial charge on any atom is -0.396 e. The van der Waals surface area contributed by atoms with Crippen molar-refractivity contribution in [1.82, 2.24) is 0 Å². The molecule has 0 amide bonds. The van der Waals surface area contributed by atoms with E-state index in [1.165, 1.54) is 11.8 Å². The highest BCUT2D eigenvalue weighted by atomic mass is 32.2. The van der Waals surface area contributed by atoms with E-state index < -0.39 is 6.29 Å². The molecule has 0 aromatic heterocycles. The summed E-state index contributed by atoms with van der Waals surface area (Å²) in [6.07, 6.45) is -1.19. The monoisotopic (exact) mass is 198 g/mol. The zero-order valence-electron chi connectivity index (χ0n) is 6.27. The van der Waals surface area contributed by atoms with Crippen LogP contribution < -0.4 is 0 Å². The van der Waals surface area contributed by atoms with Crippen molar-refractivity contribution in [3.05, 3.63) is 0 Å². The lowest BCUT2D eigenvalue weighted by molar-refractivity contribution is -0.0186. The van der Waals surface area contributed by atoms with Crippen LogP contribution in [-0.4, -0.2) is 51.2 Å². The largest absolute Gasteiger partial charge is 0.396 e. The minimum atomic E-state index is -1.19. The first kappa shape index (κ1) is 11.6. The van der Waals surface area contributed by atoms with Crippen LogP contribution in [0.5, 0.6) is 0 Å². The average Bonchev–Trinajstić information content (AvgIpc) is 1.96. The molecule has 5 heteroatoms. The molecule has 0 aromatic carbocycles. The topological polar surface area (TPSA) is 60.7 Å². The van der Waals surface area contributed by atoms with Gasteiger partial charge in [0, 0.05) is 23.0 Å². The van der Waals surface area contributed by atoms with Crippen LogP contribution in [0.2, 0.25) is 0 Å². The lowest BCUT2D eigenvalue weighted by Gasteiger charge is -2.02. The average molecular weight is 198 g/mol. The Kier molecular flexibility index (Phi) is 9.13. The van der Waals surface area contributed by atoms with Crippen molar-refractivity contribution < 1.29 is 15.3 Å². The highest BCUT2D eigenvalue weighted by Gasteiger charge is 1.96. The van der Waals surface area contributed by atoms with E-state index in [9.17, 15) is 0 Å². The van der Waals surface area contributed by atoms with E-state index in [1.54, 1.807) is 11.8 Å². The van der Waals surface area contributed by atoms with Gasteiger partial charge in [0.1, 0.15) is 0 Å². The fourth-order valence-electron chi connectivity index (χ4n) is 0.473. The molecule has 0 aliphatic heterocycles. The van der Waals surface area contributed by atoms with Crippen molar-refractivity contribution in [3.8, 4) is 0 Å². The maximum atomic E-state index is 8.44. The van der Waals surface area contributed by atoms with Gasteiger partial charge in [-0.2, -0.15) is 23.5 Å². The third kappa shape index (κ3) is 10.6. The van der Waals surface area contributed by atoms with Gasteiger partial charge in [-0.1, -0.05) is 0 Å². The van der Waals surface area contributed by atoms with Crippen molar-refractivity contribution in [3.63, 3.8) is 0 Å². The highest BCUT2D eigenvalue weighted by molar-refractivity contribution is 8.02. The second-order valence-electron chi connectivity index (χ2n) is 1.89. The summed E-state index contributed by atoms with van der Waals surface area (Å²) in [5, 5.41) is 25.3. The van der Waals surface area contributed by atoms with Crippen LogP contribution in [0, 0.1) is 0 Å². The molecule has 0 aliphatic rings. The Morgan fingerprint density at radius 1 is 1.00 bits per heavy atom. The molecule has 0 saturated carbocycles. The van der Waals surface area contributed by atoms with Gasteiger partial charge in [-0.3, -0.25) is 0 Å². The van der Waals surface area contributed by atoms with Crippen LogP contribution in [0.4, 0.5) is 0 Å². The summed E-state index contributed by atoms with van der Waals surface area (Å²) in [5.41, 5.74) is 0. The SMILES string of the molecule is OCCSCCSCC(O)O. The van der Waals surface area contributed by atoms with Gasteiger partial charge in [0.2, 0.25) is 0 Å². The molecule has 3 N–H and O–H groups in total. The maximum absolute atomic E-state index is 8.44. The summed E-state index contributed by atoms with van der Waals surface area (Å²) in [4.78, 5) is 0. The molecule has 0 spiro atoms. The quantitative estimate of drug-likeness (QED) is 0.389. The summed E-state index contributed by atoms with van der Waals surface area (Å²) >= 11 is 3.18. The van der Waals surface area contributed by atoms with Crippen LogP contribution in [0.15, 0.2) is 0 Å². The smallest absolute Gasteiger partial charge is 0.160 e. The summed E-state index contributed by atoms with van der Waals surface area (Å²) in [5.74, 6) is 3.00. The zero-order valence-corrected chi connectivity index (χ0v) is 7.90. The van der Waals surface area contributed by atoms with Crippen LogP contribution in [-0.2, 0) is 0 Å². The normalized spacial score (nSPS) is 10.9. The maximum Gasteiger partial charge on any atom is 0.160 e. The fourth-order valence-corrected chi connectivity index (χ4v) is 2.13. The van der Waals surface area contributed by atoms with E-state index in [0.717, 1.165) is 17.3 Å². The number of aliphatic hydroxyl groups excluding tert-OH is 2. The summed E-state index contributed by atoms with van der Waals surface area (Å²) in [6.45, 7) is 0.220. The summed E-state index contributed by atoms with van der Waals surface area (Å²) in [7, 11) is 0. The van der Waals surface area contributed by atoms with Crippen molar-refractivity contribution >= 4 is 23.5 Å². The first-order valence-corrected chi connectivity index (χ1v) is 5.70. The molecule has 0 radical (unpaired) electrons. The van der Waals surface area contributed by atoms with Gasteiger partial charge in [0.05, 0.1) is 6.61 Å². The van der Waals surface area contributed by atoms with E-state index in [1.807, 2.05) is 0 Å². The van der Waals surface area contributed by atoms with Gasteiger partial charge in [0.15, 0.2) is 6.29 Å². The van der Waals surface area contributed by atoms with Gasteiger partial charge < -0.3 is 15.3 Å². The molecule has 11 heavy (non-hydrogen) atoms. The highest BCUT2D eigenvalue weighted by Crippen LogP contribution is 2.06. The second-order valence-corrected chi connectivity index (χ2v) is 4.27. The molecule has 0 aromatic rings. The minimum absolute atomic E-state index is 0.220. The van der Waals surface area contributed by atoms with Crippen molar-refractivity contribution in [1.29, 1.82) is 0 Å². The van der Waals surface area contributed by atoms with Crippen LogP contribution >= 0.6 is 23.5 Å². The Morgan fingerprint density at radius 2 is 1.64 bits per heavy atom. The standard InChI is InChI=1S/C6H14O3S2/c7-1-2-10-3-4-11-5-6(8)9/h6-9H,1-5H2. The molecule has 3 nitrogen and oxygen atoms in total. The summed E-state index contributed by atoms with van der Waals surface area (Å²) < 4.78 is 0. The number of aliphatic hydroxyl groups is 3. The lowest BCUT2D eigenvalue weighted by atomic mass is 10.8. The molecule has 0 fully saturated rings. The van der Waals surface area contributed by atoms with Crippen molar-refractivity contribution in [2.24, 2.45) is 0 Å². The van der Waals surface area contributed by atoms with E-state index in [0.29, 0.717) is 5.75 Å². The molecule has 0 bridgehead atoms. The van der Waals surface area contributed by atoms with Crippen molar-refractivity contribution in [2.75, 3.05) is 29.6 Å². The van der Waals surface area contributed by atoms with Crippen LogP contribution in [0.1, 0.15) is 0 Å². The van der Waals surface area contributed by atoms with E-state index in [4.69, 9.17) is 15.3 Å². The Hall–Kier alpha value is 0.580. The number of hydrogen-bond acceptors (Lipinski definition) is 5. The van der Waals surface area contributed by atoms with Gasteiger partial charge in [-0.05, 0) is 0 Å². The third-order valence-electron chi connectivity index (χ3n) is 0.875. The number of rotatable bonds is 7.